The van der Waals surface area contributed by atoms with Crippen LogP contribution in [0.15, 0.2) is 12.3 Å². The van der Waals surface area contributed by atoms with Crippen LogP contribution in [0, 0.1) is 12.8 Å². The number of aryl methyl sites for hydroxylation is 1. The van der Waals surface area contributed by atoms with Crippen molar-refractivity contribution >= 4 is 0 Å². The lowest BCUT2D eigenvalue weighted by atomic mass is 9.89. The minimum atomic E-state index is 0.325. The van der Waals surface area contributed by atoms with Crippen LogP contribution in [-0.2, 0) is 6.54 Å². The minimum Gasteiger partial charge on any atom is -0.474 e. The second kappa shape index (κ2) is 5.50. The van der Waals surface area contributed by atoms with Crippen molar-refractivity contribution in [3.63, 3.8) is 0 Å². The highest BCUT2D eigenvalue weighted by Gasteiger charge is 2.21. The molecule has 0 aromatic carbocycles. The zero-order chi connectivity index (χ0) is 12.3. The molecule has 2 rings (SSSR count). The van der Waals surface area contributed by atoms with Crippen molar-refractivity contribution in [1.29, 1.82) is 0 Å². The van der Waals surface area contributed by atoms with E-state index < -0.39 is 0 Å². The van der Waals surface area contributed by atoms with E-state index in [2.05, 4.69) is 18.8 Å². The molecule has 1 aliphatic rings. The van der Waals surface area contributed by atoms with Gasteiger partial charge < -0.3 is 10.5 Å². The largest absolute Gasteiger partial charge is 0.474 e. The molecule has 1 aromatic rings. The van der Waals surface area contributed by atoms with Crippen molar-refractivity contribution < 1.29 is 4.74 Å². The minimum absolute atomic E-state index is 0.325. The molecular weight excluding hydrogens is 212 g/mol. The van der Waals surface area contributed by atoms with Gasteiger partial charge in [-0.2, -0.15) is 0 Å². The van der Waals surface area contributed by atoms with E-state index >= 15 is 0 Å². The Morgan fingerprint density at radius 3 is 2.71 bits per heavy atom. The molecule has 1 aliphatic carbocycles. The number of pyridine rings is 1. The Kier molecular flexibility index (Phi) is 4.00. The van der Waals surface area contributed by atoms with E-state index in [0.29, 0.717) is 12.6 Å². The maximum absolute atomic E-state index is 6.02. The summed E-state index contributed by atoms with van der Waals surface area (Å²) in [4.78, 5) is 4.32. The molecule has 3 nitrogen and oxygen atoms in total. The number of nitrogens with two attached hydrogens (primary N) is 1. The van der Waals surface area contributed by atoms with Crippen LogP contribution in [0.2, 0.25) is 0 Å². The summed E-state index contributed by atoms with van der Waals surface area (Å²) in [5.41, 5.74) is 7.97. The summed E-state index contributed by atoms with van der Waals surface area (Å²) < 4.78 is 6.02. The van der Waals surface area contributed by atoms with Crippen LogP contribution in [0.5, 0.6) is 5.88 Å². The Labute approximate surface area is 103 Å². The zero-order valence-electron chi connectivity index (χ0n) is 10.8. The molecule has 17 heavy (non-hydrogen) atoms. The summed E-state index contributed by atoms with van der Waals surface area (Å²) >= 11 is 0. The van der Waals surface area contributed by atoms with Crippen LogP contribution in [0.3, 0.4) is 0 Å². The standard InChI is InChI=1S/C14H22N2O/c1-10-3-5-12(6-4-10)17-14-13(9-15)11(2)7-8-16-14/h7-8,10,12H,3-6,9,15H2,1-2H3. The van der Waals surface area contributed by atoms with E-state index in [1.54, 1.807) is 6.20 Å². The van der Waals surface area contributed by atoms with Gasteiger partial charge in [0, 0.05) is 18.3 Å². The van der Waals surface area contributed by atoms with Crippen LogP contribution in [0.25, 0.3) is 0 Å². The molecule has 1 saturated carbocycles. The predicted molar refractivity (Wildman–Crippen MR) is 68.9 cm³/mol. The summed E-state index contributed by atoms with van der Waals surface area (Å²) in [6.45, 7) is 4.87. The Hall–Kier alpha value is -1.09. The fourth-order valence-electron chi connectivity index (χ4n) is 2.42. The van der Waals surface area contributed by atoms with Gasteiger partial charge >= 0.3 is 0 Å². The first kappa shape index (κ1) is 12.4. The Bertz CT molecular complexity index is 370. The number of ether oxygens (including phenoxy) is 1. The molecular formula is C14H22N2O. The molecule has 0 radical (unpaired) electrons. The Balaban J connectivity index is 2.05. The first-order valence-electron chi connectivity index (χ1n) is 6.52. The molecule has 0 atom stereocenters. The van der Waals surface area contributed by atoms with Crippen molar-refractivity contribution in [1.82, 2.24) is 4.98 Å². The highest BCUT2D eigenvalue weighted by Crippen LogP contribution is 2.28. The lowest BCUT2D eigenvalue weighted by Gasteiger charge is -2.27. The van der Waals surface area contributed by atoms with Crippen molar-refractivity contribution in [2.75, 3.05) is 0 Å². The highest BCUT2D eigenvalue weighted by molar-refractivity contribution is 5.33. The molecule has 0 aliphatic heterocycles. The predicted octanol–water partition coefficient (Wildman–Crippen LogP) is 2.81. The van der Waals surface area contributed by atoms with Crippen molar-refractivity contribution in [2.45, 2.75) is 52.2 Å². The van der Waals surface area contributed by atoms with E-state index in [4.69, 9.17) is 10.5 Å². The SMILES string of the molecule is Cc1ccnc(OC2CCC(C)CC2)c1CN. The number of rotatable bonds is 3. The Morgan fingerprint density at radius 2 is 2.06 bits per heavy atom. The molecule has 0 unspecified atom stereocenters. The molecule has 0 bridgehead atoms. The van der Waals surface area contributed by atoms with Crippen LogP contribution in [0.4, 0.5) is 0 Å². The smallest absolute Gasteiger partial charge is 0.218 e. The maximum atomic E-state index is 6.02. The number of aromatic nitrogens is 1. The van der Waals surface area contributed by atoms with Crippen LogP contribution < -0.4 is 10.5 Å². The van der Waals surface area contributed by atoms with Crippen LogP contribution in [-0.4, -0.2) is 11.1 Å². The molecule has 3 heteroatoms. The van der Waals surface area contributed by atoms with Crippen molar-refractivity contribution in [3.05, 3.63) is 23.4 Å². The topological polar surface area (TPSA) is 48.1 Å². The third-order valence-corrected chi connectivity index (χ3v) is 3.70. The van der Waals surface area contributed by atoms with Gasteiger partial charge in [0.1, 0.15) is 6.10 Å². The van der Waals surface area contributed by atoms with Gasteiger partial charge in [-0.1, -0.05) is 6.92 Å². The van der Waals surface area contributed by atoms with Gasteiger partial charge in [0.2, 0.25) is 5.88 Å². The summed E-state index contributed by atoms with van der Waals surface area (Å²) in [5, 5.41) is 0. The normalized spacial score (nSPS) is 24.6. The third kappa shape index (κ3) is 2.97. The van der Waals surface area contributed by atoms with E-state index in [1.807, 2.05) is 6.07 Å². The quantitative estimate of drug-likeness (QED) is 0.874. The molecule has 1 fully saturated rings. The van der Waals surface area contributed by atoms with Gasteiger partial charge in [-0.3, -0.25) is 0 Å². The second-order valence-electron chi connectivity index (χ2n) is 5.12. The van der Waals surface area contributed by atoms with Gasteiger partial charge in [0.25, 0.3) is 0 Å². The maximum Gasteiger partial charge on any atom is 0.218 e. The zero-order valence-corrected chi connectivity index (χ0v) is 10.8. The van der Waals surface area contributed by atoms with E-state index in [9.17, 15) is 0 Å². The molecule has 0 spiro atoms. The molecule has 0 amide bonds. The first-order chi connectivity index (χ1) is 8.20. The third-order valence-electron chi connectivity index (χ3n) is 3.70. The monoisotopic (exact) mass is 234 g/mol. The van der Waals surface area contributed by atoms with E-state index in [1.165, 1.54) is 18.4 Å². The van der Waals surface area contributed by atoms with Gasteiger partial charge in [-0.05, 0) is 50.2 Å². The van der Waals surface area contributed by atoms with E-state index in [-0.39, 0.29) is 0 Å². The van der Waals surface area contributed by atoms with E-state index in [0.717, 1.165) is 30.2 Å². The van der Waals surface area contributed by atoms with Gasteiger partial charge in [0.15, 0.2) is 0 Å². The molecule has 0 saturated heterocycles. The average Bonchev–Trinajstić information content (AvgIpc) is 2.32. The fourth-order valence-corrected chi connectivity index (χ4v) is 2.42. The van der Waals surface area contributed by atoms with Gasteiger partial charge in [-0.25, -0.2) is 4.98 Å². The Morgan fingerprint density at radius 1 is 1.35 bits per heavy atom. The van der Waals surface area contributed by atoms with Gasteiger partial charge in [0.05, 0.1) is 0 Å². The first-order valence-corrected chi connectivity index (χ1v) is 6.52. The summed E-state index contributed by atoms with van der Waals surface area (Å²) in [6.07, 6.45) is 6.92. The summed E-state index contributed by atoms with van der Waals surface area (Å²) in [7, 11) is 0. The number of hydrogen-bond donors (Lipinski definition) is 1. The van der Waals surface area contributed by atoms with Crippen LogP contribution in [0.1, 0.15) is 43.7 Å². The molecule has 1 heterocycles. The number of nitrogens with zero attached hydrogens (tertiary/aromatic N) is 1. The lowest BCUT2D eigenvalue weighted by molar-refractivity contribution is 0.128. The molecule has 2 N–H and O–H groups in total. The lowest BCUT2D eigenvalue weighted by Crippen LogP contribution is -2.24. The summed E-state index contributed by atoms with van der Waals surface area (Å²) in [6, 6.07) is 1.98. The fraction of sp³-hybridized carbons (Fsp3) is 0.643. The van der Waals surface area contributed by atoms with Crippen molar-refractivity contribution in [2.24, 2.45) is 11.7 Å². The molecule has 1 aromatic heterocycles. The second-order valence-corrected chi connectivity index (χ2v) is 5.12. The number of hydrogen-bond acceptors (Lipinski definition) is 3. The highest BCUT2D eigenvalue weighted by atomic mass is 16.5. The average molecular weight is 234 g/mol. The van der Waals surface area contributed by atoms with Gasteiger partial charge in [-0.15, -0.1) is 0 Å². The molecule has 94 valence electrons. The van der Waals surface area contributed by atoms with Crippen LogP contribution >= 0.6 is 0 Å². The summed E-state index contributed by atoms with van der Waals surface area (Å²) in [5.74, 6) is 1.58. The van der Waals surface area contributed by atoms with Crippen molar-refractivity contribution in [3.8, 4) is 5.88 Å².